The Kier molecular flexibility index (Phi) is 21.7. The summed E-state index contributed by atoms with van der Waals surface area (Å²) in [5.41, 5.74) is 34.7. The smallest absolute Gasteiger partial charge is 0.235 e. The van der Waals surface area contributed by atoms with E-state index in [0.29, 0.717) is 23.4 Å². The van der Waals surface area contributed by atoms with E-state index >= 15 is 0 Å². The Morgan fingerprint density at radius 2 is 0.472 bits per heavy atom. The molecular formula is C133H86N8O3. The van der Waals surface area contributed by atoms with Gasteiger partial charge in [-0.25, -0.2) is 24.9 Å². The maximum atomic E-state index is 6.41. The lowest BCUT2D eigenvalue weighted by Crippen LogP contribution is -2.09. The van der Waals surface area contributed by atoms with Crippen LogP contribution in [-0.2, 0) is 0 Å². The average Bonchev–Trinajstić information content (AvgIpc) is 1.59. The molecule has 676 valence electrons. The normalized spacial score (nSPS) is 11.5. The van der Waals surface area contributed by atoms with Crippen molar-refractivity contribution in [3.8, 4) is 135 Å². The lowest BCUT2D eigenvalue weighted by molar-refractivity contribution is 0.669. The molecule has 11 heteroatoms. The van der Waals surface area contributed by atoms with Gasteiger partial charge in [0.1, 0.15) is 33.5 Å². The maximum Gasteiger partial charge on any atom is 0.235 e. The van der Waals surface area contributed by atoms with E-state index in [1.807, 2.05) is 121 Å². The first kappa shape index (κ1) is 85.0. The van der Waals surface area contributed by atoms with Crippen LogP contribution in [0.4, 0.5) is 17.1 Å². The molecule has 0 spiro atoms. The fourth-order valence-electron chi connectivity index (χ4n) is 20.3. The van der Waals surface area contributed by atoms with Crippen LogP contribution in [0.3, 0.4) is 0 Å². The van der Waals surface area contributed by atoms with Crippen molar-refractivity contribution in [2.24, 2.45) is 0 Å². The van der Waals surface area contributed by atoms with Crippen molar-refractivity contribution < 1.29 is 13.3 Å². The van der Waals surface area contributed by atoms with Crippen molar-refractivity contribution in [2.45, 2.75) is 0 Å². The molecule has 0 fully saturated rings. The summed E-state index contributed by atoms with van der Waals surface area (Å²) in [6, 6.07) is 182. The molecule has 7 aromatic heterocycles. The highest BCUT2D eigenvalue weighted by Crippen LogP contribution is 2.46. The molecule has 28 rings (SSSR count). The van der Waals surface area contributed by atoms with Gasteiger partial charge in [0, 0.05) is 116 Å². The van der Waals surface area contributed by atoms with Gasteiger partial charge in [-0.05, 0) is 171 Å². The first-order chi connectivity index (χ1) is 71.4. The standard InChI is InChI=1S/C54H35NO2.C46H30N4.C33H21N3O/c1-2-10-36(11-3-1)37-20-22-38(23-21-37)39-24-30-42(31-25-39)55(43-32-26-40(27-33-43)45-14-8-16-49-47-12-4-6-18-51(47)56-53(45)49)44-34-28-41(29-35-44)46-15-9-17-50-48-13-5-7-19-52(48)57-54(46)50;1-4-14-31(15-5-1)40-30-41(32-16-6-2-7-17-32)48-46(47-40)50-43-23-13-10-20-36(43)38-26-24-34(29-45(38)50)33-25-27-44-39(28-33)37-21-11-12-22-42(37)49(44)35-18-8-3-9-19-35;1-3-9-23(10-4-1)31-34-32(24-11-5-2-6-12-24)36-33(35-31)25-17-15-22(16-18-25)26-19-20-30-28(21-26)27-13-7-8-14-29(27)37-30/h1-35H;1-30H;1-21H. The number of aromatic nitrogens is 7. The largest absolute Gasteiger partial charge is 0.456 e. The maximum absolute atomic E-state index is 6.41. The van der Waals surface area contributed by atoms with Gasteiger partial charge in [-0.2, -0.15) is 0 Å². The molecule has 11 nitrogen and oxygen atoms in total. The van der Waals surface area contributed by atoms with Crippen molar-refractivity contribution in [1.29, 1.82) is 0 Å². The van der Waals surface area contributed by atoms with Crippen LogP contribution in [0, 0.1) is 0 Å². The Bertz CT molecular complexity index is 9380. The first-order valence-electron chi connectivity index (χ1n) is 48.5. The highest BCUT2D eigenvalue weighted by atomic mass is 16.3. The summed E-state index contributed by atoms with van der Waals surface area (Å²) in [6.45, 7) is 0. The second-order valence-corrected chi connectivity index (χ2v) is 36.1. The monoisotopic (exact) mass is 1840 g/mol. The Balaban J connectivity index is 0.000000113. The second-order valence-electron chi connectivity index (χ2n) is 36.1. The van der Waals surface area contributed by atoms with Crippen molar-refractivity contribution in [2.75, 3.05) is 4.90 Å². The summed E-state index contributed by atoms with van der Waals surface area (Å²) >= 11 is 0. The molecular weight excluding hydrogens is 1760 g/mol. The minimum atomic E-state index is 0.648. The Morgan fingerprint density at radius 1 is 0.167 bits per heavy atom. The van der Waals surface area contributed by atoms with Crippen LogP contribution >= 0.6 is 0 Å². The van der Waals surface area contributed by atoms with Gasteiger partial charge in [-0.15, -0.1) is 0 Å². The highest BCUT2D eigenvalue weighted by Gasteiger charge is 2.24. The number of nitrogens with zero attached hydrogens (tertiary/aromatic N) is 8. The third-order valence-corrected chi connectivity index (χ3v) is 27.4. The zero-order chi connectivity index (χ0) is 95.3. The van der Waals surface area contributed by atoms with Gasteiger partial charge in [0.05, 0.1) is 33.5 Å². The molecule has 0 aliphatic carbocycles. The zero-order valence-electron chi connectivity index (χ0n) is 78.0. The fourth-order valence-corrected chi connectivity index (χ4v) is 20.3. The van der Waals surface area contributed by atoms with Gasteiger partial charge in [0.2, 0.25) is 5.95 Å². The van der Waals surface area contributed by atoms with Crippen LogP contribution in [0.25, 0.3) is 245 Å². The summed E-state index contributed by atoms with van der Waals surface area (Å²) in [7, 11) is 0. The lowest BCUT2D eigenvalue weighted by Gasteiger charge is -2.26. The number of para-hydroxylation sites is 8. The molecule has 0 saturated heterocycles. The third-order valence-electron chi connectivity index (χ3n) is 27.4. The predicted molar refractivity (Wildman–Crippen MR) is 593 cm³/mol. The SMILES string of the molecule is c1ccc(-c2cc(-c3ccccc3)nc(-n3c4ccccc4c4ccc(-c5ccc6c(c5)c5ccccc5n6-c5ccccc5)cc43)n2)cc1.c1ccc(-c2ccc(-c3ccc(N(c4ccc(-c5cccc6c5oc5ccccc56)cc4)c4ccc(-c5cccc6c5oc5ccccc56)cc4)cc3)cc2)cc1.c1ccc(-c2nc(-c3ccccc3)nc(-c3ccc(-c4ccc5oc6ccccc6c5c4)cc3)n2)cc1. The number of benzene rings is 21. The van der Waals surface area contributed by atoms with E-state index in [4.69, 9.17) is 38.2 Å². The van der Waals surface area contributed by atoms with Crippen LogP contribution in [0.15, 0.2) is 535 Å². The highest BCUT2D eigenvalue weighted by molar-refractivity contribution is 6.15. The predicted octanol–water partition coefficient (Wildman–Crippen LogP) is 35.7. The van der Waals surface area contributed by atoms with Crippen molar-refractivity contribution in [3.63, 3.8) is 0 Å². The Labute approximate surface area is 829 Å². The minimum Gasteiger partial charge on any atom is -0.456 e. The molecule has 144 heavy (non-hydrogen) atoms. The third kappa shape index (κ3) is 16.0. The number of hydrogen-bond acceptors (Lipinski definition) is 9. The molecule has 0 N–H and O–H groups in total. The summed E-state index contributed by atoms with van der Waals surface area (Å²) in [5.74, 6) is 2.61. The van der Waals surface area contributed by atoms with E-state index in [2.05, 4.69) is 414 Å². The van der Waals surface area contributed by atoms with E-state index in [9.17, 15) is 0 Å². The fraction of sp³-hybridized carbons (Fsp3) is 0. The number of anilines is 3. The lowest BCUT2D eigenvalue weighted by atomic mass is 9.99. The Morgan fingerprint density at radius 3 is 0.965 bits per heavy atom. The summed E-state index contributed by atoms with van der Waals surface area (Å²) < 4.78 is 23.4. The van der Waals surface area contributed by atoms with E-state index in [1.54, 1.807) is 0 Å². The molecule has 0 unspecified atom stereocenters. The van der Waals surface area contributed by atoms with E-state index < -0.39 is 0 Å². The second kappa shape index (κ2) is 36.8. The van der Waals surface area contributed by atoms with Gasteiger partial charge in [0.15, 0.2) is 17.5 Å². The van der Waals surface area contributed by atoms with E-state index in [-0.39, 0.29) is 0 Å². The molecule has 21 aromatic carbocycles. The van der Waals surface area contributed by atoms with Gasteiger partial charge in [0.25, 0.3) is 0 Å². The quantitative estimate of drug-likeness (QED) is 0.0932. The number of fused-ring (bicyclic) bond motifs is 15. The molecule has 0 saturated carbocycles. The van der Waals surface area contributed by atoms with Crippen LogP contribution in [0.2, 0.25) is 0 Å². The van der Waals surface area contributed by atoms with E-state index in [1.165, 1.54) is 54.8 Å². The van der Waals surface area contributed by atoms with Crippen molar-refractivity contribution in [1.82, 2.24) is 34.1 Å². The minimum absolute atomic E-state index is 0.648. The van der Waals surface area contributed by atoms with Gasteiger partial charge in [-0.1, -0.05) is 406 Å². The molecule has 0 bridgehead atoms. The number of rotatable bonds is 16. The van der Waals surface area contributed by atoms with Crippen LogP contribution in [0.1, 0.15) is 0 Å². The van der Waals surface area contributed by atoms with Gasteiger partial charge in [-0.3, -0.25) is 4.57 Å². The molecule has 0 amide bonds. The van der Waals surface area contributed by atoms with Crippen LogP contribution < -0.4 is 4.90 Å². The van der Waals surface area contributed by atoms with E-state index in [0.717, 1.165) is 183 Å². The summed E-state index contributed by atoms with van der Waals surface area (Å²) in [4.78, 5) is 27.2. The van der Waals surface area contributed by atoms with Crippen LogP contribution in [0.5, 0.6) is 0 Å². The molecule has 0 aliphatic rings. The van der Waals surface area contributed by atoms with Crippen molar-refractivity contribution in [3.05, 3.63) is 522 Å². The zero-order valence-corrected chi connectivity index (χ0v) is 78.0. The molecule has 28 aromatic rings. The van der Waals surface area contributed by atoms with Gasteiger partial charge < -0.3 is 22.7 Å². The van der Waals surface area contributed by atoms with Crippen LogP contribution in [-0.4, -0.2) is 34.1 Å². The molecule has 0 aliphatic heterocycles. The number of furan rings is 3. The molecule has 0 radical (unpaired) electrons. The number of hydrogen-bond donors (Lipinski definition) is 0. The molecule has 7 heterocycles. The Hall–Kier alpha value is -19.5. The van der Waals surface area contributed by atoms with Gasteiger partial charge >= 0.3 is 0 Å². The first-order valence-corrected chi connectivity index (χ1v) is 48.5. The summed E-state index contributed by atoms with van der Waals surface area (Å²) in [5, 5.41) is 11.6. The average molecular weight is 1840 g/mol. The topological polar surface area (TPSA) is 117 Å². The summed E-state index contributed by atoms with van der Waals surface area (Å²) in [6.07, 6.45) is 0. The molecule has 0 atom stereocenters. The van der Waals surface area contributed by atoms with Crippen molar-refractivity contribution >= 4 is 126 Å².